The maximum Gasteiger partial charge on any atom is 0.341 e. The molecule has 1 heterocycles. The maximum atomic E-state index is 12.6. The van der Waals surface area contributed by atoms with E-state index < -0.39 is 15.6 Å². The summed E-state index contributed by atoms with van der Waals surface area (Å²) in [4.78, 5) is 1.78. The van der Waals surface area contributed by atoms with Gasteiger partial charge in [0.25, 0.3) is 0 Å². The Bertz CT molecular complexity index is 820. The van der Waals surface area contributed by atoms with Gasteiger partial charge in [0.2, 0.25) is 9.84 Å². The zero-order chi connectivity index (χ0) is 18.0. The number of hydrogen-bond donors (Lipinski definition) is 0. The first-order valence-electron chi connectivity index (χ1n) is 7.93. The van der Waals surface area contributed by atoms with Crippen LogP contribution in [0.1, 0.15) is 17.9 Å². The van der Waals surface area contributed by atoms with E-state index in [1.807, 2.05) is 24.3 Å². The summed E-state index contributed by atoms with van der Waals surface area (Å²) in [5.74, 6) is -2.21. The first kappa shape index (κ1) is 17.7. The zero-order valence-electron chi connectivity index (χ0n) is 13.7. The van der Waals surface area contributed by atoms with Crippen molar-refractivity contribution in [3.8, 4) is 5.75 Å². The van der Waals surface area contributed by atoms with Crippen molar-refractivity contribution in [3.63, 3.8) is 0 Å². The summed E-state index contributed by atoms with van der Waals surface area (Å²) in [6.45, 7) is 1.63. The highest BCUT2D eigenvalue weighted by molar-refractivity contribution is 7.91. The number of benzene rings is 2. The number of sulfone groups is 1. The van der Waals surface area contributed by atoms with Gasteiger partial charge in [0.15, 0.2) is 0 Å². The average Bonchev–Trinajstić information content (AvgIpc) is 3.12. The third kappa shape index (κ3) is 3.61. The van der Waals surface area contributed by atoms with Crippen molar-refractivity contribution >= 4 is 15.5 Å². The van der Waals surface area contributed by atoms with Crippen LogP contribution in [0.4, 0.5) is 14.5 Å². The molecule has 4 nitrogen and oxygen atoms in total. The van der Waals surface area contributed by atoms with Crippen LogP contribution >= 0.6 is 0 Å². The Morgan fingerprint density at radius 3 is 2.28 bits per heavy atom. The van der Waals surface area contributed by atoms with Gasteiger partial charge in [0.1, 0.15) is 5.75 Å². The van der Waals surface area contributed by atoms with Crippen molar-refractivity contribution in [2.45, 2.75) is 23.0 Å². The van der Waals surface area contributed by atoms with Crippen LogP contribution in [0.25, 0.3) is 0 Å². The second-order valence-electron chi connectivity index (χ2n) is 6.00. The third-order valence-electron chi connectivity index (χ3n) is 4.54. The molecule has 0 bridgehead atoms. The number of anilines is 1. The summed E-state index contributed by atoms with van der Waals surface area (Å²) in [5.41, 5.74) is 2.06. The Morgan fingerprint density at radius 1 is 1.08 bits per heavy atom. The summed E-state index contributed by atoms with van der Waals surface area (Å²) in [7, 11) is -2.91. The fourth-order valence-electron chi connectivity index (χ4n) is 3.09. The molecule has 0 saturated carbocycles. The molecule has 2 aromatic carbocycles. The largest absolute Gasteiger partial charge is 0.497 e. The molecule has 0 radical (unpaired) electrons. The van der Waals surface area contributed by atoms with Crippen LogP contribution in [-0.2, 0) is 9.84 Å². The lowest BCUT2D eigenvalue weighted by Crippen LogP contribution is -2.19. The van der Waals surface area contributed by atoms with Crippen LogP contribution in [0.15, 0.2) is 53.4 Å². The molecule has 0 spiro atoms. The molecule has 0 aromatic heterocycles. The Balaban J connectivity index is 1.71. The Labute approximate surface area is 146 Å². The van der Waals surface area contributed by atoms with Crippen LogP contribution in [-0.4, -0.2) is 34.4 Å². The molecular formula is C18H19F2NO3S. The zero-order valence-corrected chi connectivity index (χ0v) is 14.5. The number of methoxy groups -OCH3 is 1. The minimum absolute atomic E-state index is 0.350. The quantitative estimate of drug-likeness (QED) is 0.809. The summed E-state index contributed by atoms with van der Waals surface area (Å²) >= 11 is 0. The monoisotopic (exact) mass is 367 g/mol. The minimum Gasteiger partial charge on any atom is -0.497 e. The number of nitrogens with zero attached hydrogens (tertiary/aromatic N) is 1. The van der Waals surface area contributed by atoms with Gasteiger partial charge < -0.3 is 9.64 Å². The average molecular weight is 367 g/mol. The number of halogens is 2. The second-order valence-corrected chi connectivity index (χ2v) is 7.92. The molecule has 2 aromatic rings. The van der Waals surface area contributed by atoms with Crippen molar-refractivity contribution in [1.29, 1.82) is 0 Å². The molecule has 1 atom stereocenters. The fraction of sp³-hybridized carbons (Fsp3) is 0.333. The highest BCUT2D eigenvalue weighted by Gasteiger charge is 2.28. The molecule has 134 valence electrons. The smallest absolute Gasteiger partial charge is 0.341 e. The first-order chi connectivity index (χ1) is 11.9. The molecule has 1 unspecified atom stereocenters. The molecule has 1 saturated heterocycles. The molecule has 1 fully saturated rings. The van der Waals surface area contributed by atoms with Gasteiger partial charge in [0, 0.05) is 24.7 Å². The molecule has 0 N–H and O–H groups in total. The van der Waals surface area contributed by atoms with Crippen molar-refractivity contribution in [1.82, 2.24) is 0 Å². The molecule has 3 rings (SSSR count). The fourth-order valence-corrected chi connectivity index (χ4v) is 3.81. The third-order valence-corrected chi connectivity index (χ3v) is 5.94. The van der Waals surface area contributed by atoms with Crippen LogP contribution in [0.3, 0.4) is 0 Å². The van der Waals surface area contributed by atoms with E-state index in [2.05, 4.69) is 4.90 Å². The van der Waals surface area contributed by atoms with Crippen molar-refractivity contribution in [3.05, 3.63) is 54.1 Å². The number of ether oxygens (including phenoxy) is 1. The predicted octanol–water partition coefficient (Wildman–Crippen LogP) is 3.69. The Morgan fingerprint density at radius 2 is 1.72 bits per heavy atom. The first-order valence-corrected chi connectivity index (χ1v) is 9.47. The molecule has 0 amide bonds. The SMILES string of the molecule is COc1ccc(C2CCN(c3ccc(S(=O)(=O)C(F)F)cc3)C2)cc1. The summed E-state index contributed by atoms with van der Waals surface area (Å²) in [6, 6.07) is 13.6. The summed E-state index contributed by atoms with van der Waals surface area (Å²) in [5, 5.41) is 0. The van der Waals surface area contributed by atoms with E-state index in [0.717, 1.165) is 30.9 Å². The highest BCUT2D eigenvalue weighted by Crippen LogP contribution is 2.32. The van der Waals surface area contributed by atoms with Crippen LogP contribution < -0.4 is 9.64 Å². The lowest BCUT2D eigenvalue weighted by Gasteiger charge is -2.19. The summed E-state index contributed by atoms with van der Waals surface area (Å²) in [6.07, 6.45) is 0.976. The standard InChI is InChI=1S/C18H19F2NO3S/c1-24-16-6-2-13(3-7-16)14-10-11-21(12-14)15-4-8-17(9-5-15)25(22,23)18(19)20/h2-9,14,18H,10-12H2,1H3. The summed E-state index contributed by atoms with van der Waals surface area (Å²) < 4.78 is 53.3. The molecule has 25 heavy (non-hydrogen) atoms. The van der Waals surface area contributed by atoms with Gasteiger partial charge in [-0.25, -0.2) is 8.42 Å². The Hall–Kier alpha value is -2.15. The molecule has 1 aliphatic heterocycles. The van der Waals surface area contributed by atoms with Gasteiger partial charge in [-0.05, 0) is 48.4 Å². The van der Waals surface area contributed by atoms with E-state index in [9.17, 15) is 17.2 Å². The van der Waals surface area contributed by atoms with E-state index in [1.165, 1.54) is 17.7 Å². The van der Waals surface area contributed by atoms with Crippen LogP contribution in [0.2, 0.25) is 0 Å². The number of hydrogen-bond acceptors (Lipinski definition) is 4. The molecule has 7 heteroatoms. The van der Waals surface area contributed by atoms with Gasteiger partial charge in [-0.1, -0.05) is 12.1 Å². The lowest BCUT2D eigenvalue weighted by atomic mass is 9.98. The predicted molar refractivity (Wildman–Crippen MR) is 92.2 cm³/mol. The van der Waals surface area contributed by atoms with Gasteiger partial charge in [0.05, 0.1) is 12.0 Å². The molecular weight excluding hydrogens is 348 g/mol. The minimum atomic E-state index is -4.54. The van der Waals surface area contributed by atoms with Crippen LogP contribution in [0, 0.1) is 0 Å². The van der Waals surface area contributed by atoms with Gasteiger partial charge in [-0.2, -0.15) is 8.78 Å². The maximum absolute atomic E-state index is 12.6. The topological polar surface area (TPSA) is 46.6 Å². The van der Waals surface area contributed by atoms with Crippen molar-refractivity contribution in [2.75, 3.05) is 25.1 Å². The van der Waals surface area contributed by atoms with Crippen LogP contribution in [0.5, 0.6) is 5.75 Å². The van der Waals surface area contributed by atoms with E-state index in [0.29, 0.717) is 5.92 Å². The van der Waals surface area contributed by atoms with E-state index >= 15 is 0 Å². The highest BCUT2D eigenvalue weighted by atomic mass is 32.2. The van der Waals surface area contributed by atoms with E-state index in [4.69, 9.17) is 4.74 Å². The van der Waals surface area contributed by atoms with E-state index in [1.54, 1.807) is 19.2 Å². The second kappa shape index (κ2) is 7.00. The molecule has 0 aliphatic carbocycles. The van der Waals surface area contributed by atoms with Gasteiger partial charge in [-0.15, -0.1) is 0 Å². The Kier molecular flexibility index (Phi) is 4.94. The van der Waals surface area contributed by atoms with E-state index in [-0.39, 0.29) is 4.90 Å². The van der Waals surface area contributed by atoms with Crippen molar-refractivity contribution in [2.24, 2.45) is 0 Å². The molecule has 1 aliphatic rings. The normalized spacial score (nSPS) is 17.9. The van der Waals surface area contributed by atoms with Gasteiger partial charge >= 0.3 is 5.76 Å². The van der Waals surface area contributed by atoms with Crippen molar-refractivity contribution < 1.29 is 21.9 Å². The number of rotatable bonds is 5. The number of alkyl halides is 2. The van der Waals surface area contributed by atoms with Gasteiger partial charge in [-0.3, -0.25) is 0 Å². The lowest BCUT2D eigenvalue weighted by molar-refractivity contribution is 0.234.